The Kier molecular flexibility index (Phi) is 7.72. The quantitative estimate of drug-likeness (QED) is 0.639. The maximum atomic E-state index is 11.9. The summed E-state index contributed by atoms with van der Waals surface area (Å²) in [5.41, 5.74) is 0. The van der Waals surface area contributed by atoms with Crippen LogP contribution in [-0.4, -0.2) is 44.8 Å². The normalized spacial score (nSPS) is 19.5. The Morgan fingerprint density at radius 3 is 2.42 bits per heavy atom. The molecule has 2 N–H and O–H groups in total. The van der Waals surface area contributed by atoms with Crippen LogP contribution in [0.3, 0.4) is 0 Å². The van der Waals surface area contributed by atoms with Gasteiger partial charge in [0.25, 0.3) is 0 Å². The Balaban J connectivity index is 2.36. The van der Waals surface area contributed by atoms with E-state index in [-0.39, 0.29) is 10.5 Å². The van der Waals surface area contributed by atoms with Crippen molar-refractivity contribution in [2.24, 2.45) is 0 Å². The molecule has 0 atom stereocenters. The minimum Gasteiger partial charge on any atom is -0.316 e. The molecule has 4 nitrogen and oxygen atoms in total. The minimum atomic E-state index is -3.14. The first kappa shape index (κ1) is 17.3. The molecule has 1 aliphatic rings. The van der Waals surface area contributed by atoms with Gasteiger partial charge in [0.15, 0.2) is 0 Å². The van der Waals surface area contributed by atoms with Crippen LogP contribution in [0.4, 0.5) is 0 Å². The van der Waals surface area contributed by atoms with Crippen molar-refractivity contribution >= 4 is 21.8 Å². The molecule has 0 saturated heterocycles. The van der Waals surface area contributed by atoms with Gasteiger partial charge in [0, 0.05) is 17.8 Å². The lowest BCUT2D eigenvalue weighted by Gasteiger charge is -2.35. The van der Waals surface area contributed by atoms with Gasteiger partial charge < -0.3 is 5.32 Å². The van der Waals surface area contributed by atoms with Gasteiger partial charge in [-0.1, -0.05) is 26.2 Å². The van der Waals surface area contributed by atoms with Gasteiger partial charge >= 0.3 is 0 Å². The zero-order valence-electron chi connectivity index (χ0n) is 12.2. The summed E-state index contributed by atoms with van der Waals surface area (Å²) in [5.74, 6) is 0.178. The highest BCUT2D eigenvalue weighted by molar-refractivity contribution is 8.00. The van der Waals surface area contributed by atoms with E-state index in [1.54, 1.807) is 0 Å². The summed E-state index contributed by atoms with van der Waals surface area (Å²) < 4.78 is 26.8. The first-order valence-electron chi connectivity index (χ1n) is 7.27. The van der Waals surface area contributed by atoms with Crippen LogP contribution in [0.15, 0.2) is 0 Å². The summed E-state index contributed by atoms with van der Waals surface area (Å²) in [6.45, 7) is 4.08. The zero-order chi connectivity index (χ0) is 14.2. The second-order valence-electron chi connectivity index (χ2n) is 5.34. The molecule has 1 aliphatic carbocycles. The third-order valence-corrected chi connectivity index (χ3v) is 6.53. The van der Waals surface area contributed by atoms with Crippen LogP contribution < -0.4 is 10.0 Å². The molecule has 1 saturated carbocycles. The summed E-state index contributed by atoms with van der Waals surface area (Å²) in [4.78, 5) is 0. The lowest BCUT2D eigenvalue weighted by molar-refractivity contribution is 0.395. The predicted octanol–water partition coefficient (Wildman–Crippen LogP) is 1.97. The maximum Gasteiger partial charge on any atom is 0.212 e. The Labute approximate surface area is 122 Å². The maximum absolute atomic E-state index is 11.9. The van der Waals surface area contributed by atoms with Crippen molar-refractivity contribution in [3.63, 3.8) is 0 Å². The van der Waals surface area contributed by atoms with Crippen LogP contribution in [0.25, 0.3) is 0 Å². The van der Waals surface area contributed by atoms with Crippen LogP contribution >= 0.6 is 11.8 Å². The van der Waals surface area contributed by atoms with Gasteiger partial charge in [-0.25, -0.2) is 13.1 Å². The van der Waals surface area contributed by atoms with Gasteiger partial charge in [0.05, 0.1) is 5.75 Å². The van der Waals surface area contributed by atoms with Crippen LogP contribution in [0, 0.1) is 0 Å². The lowest BCUT2D eigenvalue weighted by atomic mass is 9.88. The summed E-state index contributed by atoms with van der Waals surface area (Å²) in [6.07, 6.45) is 9.12. The SMILES string of the molecule is CCCNCCS(=O)(=O)NCC1(SC)CCCCC1. The van der Waals surface area contributed by atoms with E-state index < -0.39 is 10.0 Å². The van der Waals surface area contributed by atoms with E-state index >= 15 is 0 Å². The number of rotatable bonds is 9. The zero-order valence-corrected chi connectivity index (χ0v) is 13.8. The first-order chi connectivity index (χ1) is 9.04. The number of thioether (sulfide) groups is 1. The van der Waals surface area contributed by atoms with Crippen LogP contribution in [-0.2, 0) is 10.0 Å². The number of sulfonamides is 1. The molecule has 0 heterocycles. The van der Waals surface area contributed by atoms with E-state index in [0.29, 0.717) is 13.1 Å². The van der Waals surface area contributed by atoms with Crippen molar-refractivity contribution in [3.05, 3.63) is 0 Å². The Hall–Kier alpha value is 0.220. The van der Waals surface area contributed by atoms with Gasteiger partial charge in [0.1, 0.15) is 0 Å². The van der Waals surface area contributed by atoms with Crippen molar-refractivity contribution < 1.29 is 8.42 Å². The van der Waals surface area contributed by atoms with E-state index in [1.165, 1.54) is 19.3 Å². The highest BCUT2D eigenvalue weighted by atomic mass is 32.2. The fourth-order valence-corrected chi connectivity index (χ4v) is 4.53. The molecule has 0 aromatic carbocycles. The van der Waals surface area contributed by atoms with Crippen LogP contribution in [0.2, 0.25) is 0 Å². The molecule has 0 aromatic rings. The fourth-order valence-electron chi connectivity index (χ4n) is 2.47. The van der Waals surface area contributed by atoms with E-state index in [4.69, 9.17) is 0 Å². The van der Waals surface area contributed by atoms with Crippen molar-refractivity contribution in [2.75, 3.05) is 31.6 Å². The third-order valence-electron chi connectivity index (χ3n) is 3.79. The van der Waals surface area contributed by atoms with E-state index in [2.05, 4.69) is 23.2 Å². The number of hydrogen-bond donors (Lipinski definition) is 2. The van der Waals surface area contributed by atoms with Crippen molar-refractivity contribution in [1.82, 2.24) is 10.0 Å². The molecule has 114 valence electrons. The molecule has 1 rings (SSSR count). The van der Waals surface area contributed by atoms with Crippen LogP contribution in [0.1, 0.15) is 45.4 Å². The molecule has 0 bridgehead atoms. The molecular formula is C13H28N2O2S2. The minimum absolute atomic E-state index is 0.127. The van der Waals surface area contributed by atoms with Crippen LogP contribution in [0.5, 0.6) is 0 Å². The summed E-state index contributed by atoms with van der Waals surface area (Å²) in [7, 11) is -3.14. The molecule has 6 heteroatoms. The number of hydrogen-bond acceptors (Lipinski definition) is 4. The third kappa shape index (κ3) is 6.47. The van der Waals surface area contributed by atoms with Gasteiger partial charge in [0.2, 0.25) is 10.0 Å². The highest BCUT2D eigenvalue weighted by Gasteiger charge is 2.32. The van der Waals surface area contributed by atoms with Crippen molar-refractivity contribution in [1.29, 1.82) is 0 Å². The fraction of sp³-hybridized carbons (Fsp3) is 1.00. The average Bonchev–Trinajstić information content (AvgIpc) is 2.43. The van der Waals surface area contributed by atoms with Crippen molar-refractivity contribution in [2.45, 2.75) is 50.2 Å². The molecule has 0 aromatic heterocycles. The van der Waals surface area contributed by atoms with Gasteiger partial charge in [-0.3, -0.25) is 0 Å². The predicted molar refractivity (Wildman–Crippen MR) is 84.3 cm³/mol. The van der Waals surface area contributed by atoms with Crippen molar-refractivity contribution in [3.8, 4) is 0 Å². The monoisotopic (exact) mass is 308 g/mol. The van der Waals surface area contributed by atoms with E-state index in [1.807, 2.05) is 11.8 Å². The molecular weight excluding hydrogens is 280 g/mol. The smallest absolute Gasteiger partial charge is 0.212 e. The number of nitrogens with one attached hydrogen (secondary N) is 2. The Morgan fingerprint density at radius 1 is 1.16 bits per heavy atom. The second-order valence-corrected chi connectivity index (χ2v) is 8.54. The lowest BCUT2D eigenvalue weighted by Crippen LogP contribution is -2.43. The first-order valence-corrected chi connectivity index (χ1v) is 10.1. The topological polar surface area (TPSA) is 58.2 Å². The molecule has 0 spiro atoms. The van der Waals surface area contributed by atoms with Gasteiger partial charge in [-0.05, 0) is 32.1 Å². The molecule has 1 fully saturated rings. The van der Waals surface area contributed by atoms with E-state index in [9.17, 15) is 8.42 Å². The molecule has 0 aliphatic heterocycles. The van der Waals surface area contributed by atoms with Gasteiger partial charge in [-0.15, -0.1) is 0 Å². The molecule has 0 amide bonds. The largest absolute Gasteiger partial charge is 0.316 e. The summed E-state index contributed by atoms with van der Waals surface area (Å²) in [5, 5.41) is 3.13. The average molecular weight is 309 g/mol. The summed E-state index contributed by atoms with van der Waals surface area (Å²) >= 11 is 1.82. The molecule has 0 unspecified atom stereocenters. The highest BCUT2D eigenvalue weighted by Crippen LogP contribution is 2.38. The molecule has 0 radical (unpaired) electrons. The summed E-state index contributed by atoms with van der Waals surface area (Å²) in [6, 6.07) is 0. The second kappa shape index (κ2) is 8.49. The Bertz CT molecular complexity index is 339. The van der Waals surface area contributed by atoms with Gasteiger partial charge in [-0.2, -0.15) is 11.8 Å². The Morgan fingerprint density at radius 2 is 1.84 bits per heavy atom. The standard InChI is InChI=1S/C13H28N2O2S2/c1-3-9-14-10-11-19(16,17)15-12-13(18-2)7-5-4-6-8-13/h14-15H,3-12H2,1-2H3. The molecule has 19 heavy (non-hydrogen) atoms. The van der Waals surface area contributed by atoms with E-state index in [0.717, 1.165) is 25.8 Å².